The Bertz CT molecular complexity index is 327. The van der Waals surface area contributed by atoms with E-state index in [9.17, 15) is 13.2 Å². The van der Waals surface area contributed by atoms with Crippen molar-refractivity contribution in [2.75, 3.05) is 0 Å². The maximum Gasteiger partial charge on any atom is 0.424 e. The molecule has 6 heteroatoms. The molecule has 1 amide bonds. The normalized spacial score (nSPS) is 12.7. The van der Waals surface area contributed by atoms with Gasteiger partial charge in [-0.3, -0.25) is 0 Å². The number of carbonyl (C=O) groups is 1. The lowest BCUT2D eigenvalue weighted by atomic mass is 10.2. The fourth-order valence-corrected chi connectivity index (χ4v) is 1.43. The molecular weight excluding hydrogens is 218 g/mol. The predicted octanol–water partition coefficient (Wildman–Crippen LogP) is 1.75. The van der Waals surface area contributed by atoms with Crippen molar-refractivity contribution in [1.29, 1.82) is 0 Å². The SMILES string of the molecule is [CH2]N(C(=O)OC(C)(C)C)S(=O)(=O)C(C)C. The fourth-order valence-electron chi connectivity index (χ4n) is 0.671. The molecule has 0 aromatic rings. The molecule has 0 unspecified atom stereocenters. The molecule has 0 aliphatic rings. The molecule has 0 aromatic heterocycles. The fraction of sp³-hybridized carbons (Fsp3) is 0.778. The molecule has 0 aliphatic carbocycles. The van der Waals surface area contributed by atoms with Gasteiger partial charge in [-0.25, -0.2) is 17.5 Å². The Hall–Kier alpha value is -0.780. The number of nitrogens with zero attached hydrogens (tertiary/aromatic N) is 1. The standard InChI is InChI=1S/C9H18NO4S/c1-7(2)15(12,13)10(6)8(11)14-9(3,4)5/h7H,6H2,1-5H3. The zero-order chi connectivity index (χ0) is 12.4. The highest BCUT2D eigenvalue weighted by Crippen LogP contribution is 2.14. The summed E-state index contributed by atoms with van der Waals surface area (Å²) in [4.78, 5) is 11.4. The molecule has 0 heterocycles. The van der Waals surface area contributed by atoms with E-state index in [1.807, 2.05) is 0 Å². The van der Waals surface area contributed by atoms with Crippen LogP contribution in [-0.2, 0) is 14.8 Å². The monoisotopic (exact) mass is 236 g/mol. The van der Waals surface area contributed by atoms with Crippen molar-refractivity contribution in [3.8, 4) is 0 Å². The molecule has 0 spiro atoms. The topological polar surface area (TPSA) is 63.7 Å². The Morgan fingerprint density at radius 1 is 1.33 bits per heavy atom. The molecule has 1 radical (unpaired) electrons. The summed E-state index contributed by atoms with van der Waals surface area (Å²) in [6, 6.07) is 0. The van der Waals surface area contributed by atoms with Crippen LogP contribution in [-0.4, -0.2) is 29.7 Å². The second-order valence-corrected chi connectivity index (χ2v) is 6.84. The van der Waals surface area contributed by atoms with Gasteiger partial charge in [0, 0.05) is 0 Å². The van der Waals surface area contributed by atoms with Crippen molar-refractivity contribution in [3.05, 3.63) is 7.05 Å². The van der Waals surface area contributed by atoms with Crippen LogP contribution >= 0.6 is 0 Å². The second-order valence-electron chi connectivity index (χ2n) is 4.42. The van der Waals surface area contributed by atoms with Gasteiger partial charge in [0.05, 0.1) is 12.3 Å². The van der Waals surface area contributed by atoms with Crippen LogP contribution in [0.3, 0.4) is 0 Å². The summed E-state index contributed by atoms with van der Waals surface area (Å²) in [5, 5.41) is -0.706. The molecule has 0 N–H and O–H groups in total. The number of amides is 1. The molecule has 89 valence electrons. The largest absolute Gasteiger partial charge is 0.443 e. The van der Waals surface area contributed by atoms with Crippen LogP contribution in [0.5, 0.6) is 0 Å². The Morgan fingerprint density at radius 2 is 1.73 bits per heavy atom. The summed E-state index contributed by atoms with van der Waals surface area (Å²) < 4.78 is 28.3. The molecule has 0 bridgehead atoms. The zero-order valence-corrected chi connectivity index (χ0v) is 10.6. The lowest BCUT2D eigenvalue weighted by Gasteiger charge is -2.25. The van der Waals surface area contributed by atoms with Gasteiger partial charge >= 0.3 is 6.09 Å². The molecule has 5 nitrogen and oxygen atoms in total. The Balaban J connectivity index is 4.75. The van der Waals surface area contributed by atoms with Crippen LogP contribution in [0.25, 0.3) is 0 Å². The van der Waals surface area contributed by atoms with E-state index in [0.29, 0.717) is 4.31 Å². The van der Waals surface area contributed by atoms with Gasteiger partial charge in [-0.1, -0.05) is 0 Å². The second kappa shape index (κ2) is 4.38. The Labute approximate surface area is 91.5 Å². The van der Waals surface area contributed by atoms with Crippen LogP contribution in [0.4, 0.5) is 4.79 Å². The number of hydrogen-bond acceptors (Lipinski definition) is 4. The third-order valence-electron chi connectivity index (χ3n) is 1.50. The summed E-state index contributed by atoms with van der Waals surface area (Å²) >= 11 is 0. The van der Waals surface area contributed by atoms with Crippen molar-refractivity contribution in [2.24, 2.45) is 0 Å². The van der Waals surface area contributed by atoms with E-state index in [-0.39, 0.29) is 0 Å². The van der Waals surface area contributed by atoms with Gasteiger partial charge in [-0.15, -0.1) is 0 Å². The Morgan fingerprint density at radius 3 is 2.00 bits per heavy atom. The van der Waals surface area contributed by atoms with Crippen LogP contribution < -0.4 is 0 Å². The molecule has 0 fully saturated rings. The first kappa shape index (κ1) is 14.2. The van der Waals surface area contributed by atoms with Gasteiger partial charge in [0.25, 0.3) is 0 Å². The highest BCUT2D eigenvalue weighted by atomic mass is 32.2. The maximum absolute atomic E-state index is 11.5. The van der Waals surface area contributed by atoms with Crippen LogP contribution in [0.1, 0.15) is 34.6 Å². The molecule has 0 aliphatic heterocycles. The highest BCUT2D eigenvalue weighted by Gasteiger charge is 2.30. The molecule has 15 heavy (non-hydrogen) atoms. The average Bonchev–Trinajstić information content (AvgIpc) is 1.99. The summed E-state index contributed by atoms with van der Waals surface area (Å²) in [5.74, 6) is 0. The minimum atomic E-state index is -3.70. The molecular formula is C9H18NO4S. The minimum absolute atomic E-state index is 0.392. The highest BCUT2D eigenvalue weighted by molar-refractivity contribution is 7.90. The van der Waals surface area contributed by atoms with Gasteiger partial charge in [0.15, 0.2) is 0 Å². The number of rotatable bonds is 2. The lowest BCUT2D eigenvalue weighted by Crippen LogP contribution is -2.39. The summed E-state index contributed by atoms with van der Waals surface area (Å²) in [5.41, 5.74) is -0.737. The predicted molar refractivity (Wildman–Crippen MR) is 57.5 cm³/mol. The van der Waals surface area contributed by atoms with E-state index < -0.39 is 27.0 Å². The van der Waals surface area contributed by atoms with Crippen molar-refractivity contribution in [3.63, 3.8) is 0 Å². The Kier molecular flexibility index (Phi) is 4.16. The van der Waals surface area contributed by atoms with Gasteiger partial charge in [-0.2, -0.15) is 0 Å². The number of ether oxygens (including phenoxy) is 1. The molecule has 0 saturated carbocycles. The number of carbonyl (C=O) groups excluding carboxylic acids is 1. The number of hydrogen-bond donors (Lipinski definition) is 0. The molecule has 0 atom stereocenters. The van der Waals surface area contributed by atoms with Crippen molar-refractivity contribution < 1.29 is 17.9 Å². The first-order valence-electron chi connectivity index (χ1n) is 4.56. The van der Waals surface area contributed by atoms with E-state index >= 15 is 0 Å². The van der Waals surface area contributed by atoms with Gasteiger partial charge in [0.2, 0.25) is 10.0 Å². The van der Waals surface area contributed by atoms with E-state index in [2.05, 4.69) is 7.05 Å². The van der Waals surface area contributed by atoms with Gasteiger partial charge in [0.1, 0.15) is 5.60 Å². The first-order chi connectivity index (χ1) is 6.48. The lowest BCUT2D eigenvalue weighted by molar-refractivity contribution is 0.0438. The van der Waals surface area contributed by atoms with Crippen LogP contribution in [0, 0.1) is 7.05 Å². The summed E-state index contributed by atoms with van der Waals surface area (Å²) in [6.45, 7) is 7.90. The third-order valence-corrected chi connectivity index (χ3v) is 3.45. The zero-order valence-electron chi connectivity index (χ0n) is 9.77. The first-order valence-corrected chi connectivity index (χ1v) is 6.06. The smallest absolute Gasteiger partial charge is 0.424 e. The van der Waals surface area contributed by atoms with E-state index in [1.165, 1.54) is 13.8 Å². The van der Waals surface area contributed by atoms with Crippen LogP contribution in [0.15, 0.2) is 0 Å². The van der Waals surface area contributed by atoms with Crippen LogP contribution in [0.2, 0.25) is 0 Å². The van der Waals surface area contributed by atoms with Crippen molar-refractivity contribution in [1.82, 2.24) is 4.31 Å². The van der Waals surface area contributed by atoms with Crippen molar-refractivity contribution in [2.45, 2.75) is 45.5 Å². The molecule has 0 rings (SSSR count). The minimum Gasteiger partial charge on any atom is -0.443 e. The van der Waals surface area contributed by atoms with Gasteiger partial charge < -0.3 is 4.74 Å². The quantitative estimate of drug-likeness (QED) is 0.732. The van der Waals surface area contributed by atoms with Gasteiger partial charge in [-0.05, 0) is 34.6 Å². The number of sulfonamides is 1. The summed E-state index contributed by atoms with van der Waals surface area (Å²) in [7, 11) is -0.515. The van der Waals surface area contributed by atoms with E-state index in [1.54, 1.807) is 20.8 Å². The van der Waals surface area contributed by atoms with Crippen molar-refractivity contribution >= 4 is 16.1 Å². The molecule has 0 aromatic carbocycles. The van der Waals surface area contributed by atoms with E-state index in [0.717, 1.165) is 0 Å². The third kappa shape index (κ3) is 4.07. The molecule has 0 saturated heterocycles. The summed E-state index contributed by atoms with van der Waals surface area (Å²) in [6.07, 6.45) is -0.962. The average molecular weight is 236 g/mol. The van der Waals surface area contributed by atoms with E-state index in [4.69, 9.17) is 4.74 Å². The maximum atomic E-state index is 11.5.